The lowest BCUT2D eigenvalue weighted by molar-refractivity contribution is -0.122. The van der Waals surface area contributed by atoms with E-state index < -0.39 is 46.7 Å². The Bertz CT molecular complexity index is 1590. The number of fused-ring (bicyclic) bond motifs is 1. The molecule has 0 unspecified atom stereocenters. The largest absolute Gasteiger partial charge is 0.441 e. The van der Waals surface area contributed by atoms with Gasteiger partial charge in [0.05, 0.1) is 12.0 Å². The third kappa shape index (κ3) is 4.78. The summed E-state index contributed by atoms with van der Waals surface area (Å²) in [6, 6.07) is 11.5. The Balaban J connectivity index is 1.41. The number of carbonyl (C=O) groups excluding carboxylic acids is 2. The van der Waals surface area contributed by atoms with Crippen molar-refractivity contribution in [2.24, 2.45) is 0 Å². The van der Waals surface area contributed by atoms with Crippen molar-refractivity contribution in [2.75, 3.05) is 4.90 Å². The second-order valence-corrected chi connectivity index (χ2v) is 9.81. The summed E-state index contributed by atoms with van der Waals surface area (Å²) >= 11 is 0. The first kappa shape index (κ1) is 26.1. The fraction of sp³-hybridized carbons (Fsp3) is 0.207. The second kappa shape index (κ2) is 9.68. The summed E-state index contributed by atoms with van der Waals surface area (Å²) in [5.41, 5.74) is 1.05. The van der Waals surface area contributed by atoms with Gasteiger partial charge in [0.1, 0.15) is 34.7 Å². The number of carbonyl (C=O) groups is 2. The highest BCUT2D eigenvalue weighted by Crippen LogP contribution is 2.43. The normalized spacial score (nSPS) is 14.0. The van der Waals surface area contributed by atoms with E-state index in [4.69, 9.17) is 4.42 Å². The maximum Gasteiger partial charge on any atom is 0.251 e. The smallest absolute Gasteiger partial charge is 0.251 e. The lowest BCUT2D eigenvalue weighted by Crippen LogP contribution is -2.36. The molecule has 4 aromatic rings. The Morgan fingerprint density at radius 3 is 2.31 bits per heavy atom. The van der Waals surface area contributed by atoms with Crippen LogP contribution in [0.3, 0.4) is 0 Å². The monoisotopic (exact) mass is 537 g/mol. The van der Waals surface area contributed by atoms with Crippen molar-refractivity contribution in [1.82, 2.24) is 10.3 Å². The highest BCUT2D eigenvalue weighted by Gasteiger charge is 2.44. The topological polar surface area (TPSA) is 75.4 Å². The quantitative estimate of drug-likeness (QED) is 0.308. The number of oxazole rings is 1. The maximum absolute atomic E-state index is 14.0. The van der Waals surface area contributed by atoms with Gasteiger partial charge in [-0.05, 0) is 62.7 Å². The molecular weight excluding hydrogens is 514 g/mol. The van der Waals surface area contributed by atoms with Gasteiger partial charge in [-0.25, -0.2) is 22.5 Å². The predicted molar refractivity (Wildman–Crippen MR) is 135 cm³/mol. The van der Waals surface area contributed by atoms with Gasteiger partial charge in [-0.1, -0.05) is 6.07 Å². The minimum absolute atomic E-state index is 0.0584. The molecule has 5 rings (SSSR count). The van der Waals surface area contributed by atoms with E-state index in [1.165, 1.54) is 29.2 Å². The number of nitrogens with zero attached hydrogens (tertiary/aromatic N) is 2. The highest BCUT2D eigenvalue weighted by molar-refractivity contribution is 6.08. The van der Waals surface area contributed by atoms with Gasteiger partial charge in [-0.2, -0.15) is 0 Å². The van der Waals surface area contributed by atoms with Crippen molar-refractivity contribution in [3.63, 3.8) is 0 Å². The van der Waals surface area contributed by atoms with E-state index in [9.17, 15) is 27.2 Å². The SMILES string of the molecule is Cc1oc(-c2ccc(F)cc2)nc1CN1C(=O)C(C)(C)c2ccc(C(=O)NCc3c(F)cc(F)cc3F)cc21. The van der Waals surface area contributed by atoms with Crippen LogP contribution in [0.25, 0.3) is 11.5 Å². The molecule has 1 aliphatic heterocycles. The standard InChI is InChI=1S/C29H23F4N3O3/c1-15-24(35-27(39-15)16-4-7-18(30)8-5-16)14-36-25-10-17(6-9-21(25)29(2,3)28(36)38)26(37)34-13-20-22(32)11-19(31)12-23(20)33/h4-12H,13-14H2,1-3H3,(H,34,37). The Morgan fingerprint density at radius 1 is 0.974 bits per heavy atom. The molecule has 0 atom stereocenters. The Hall–Kier alpha value is -4.47. The molecule has 1 aliphatic rings. The first-order valence-electron chi connectivity index (χ1n) is 12.1. The van der Waals surface area contributed by atoms with Crippen LogP contribution >= 0.6 is 0 Å². The second-order valence-electron chi connectivity index (χ2n) is 9.81. The number of aryl methyl sites for hydroxylation is 1. The summed E-state index contributed by atoms with van der Waals surface area (Å²) in [4.78, 5) is 32.3. The predicted octanol–water partition coefficient (Wildman–Crippen LogP) is 5.96. The van der Waals surface area contributed by atoms with E-state index in [-0.39, 0.29) is 23.9 Å². The number of anilines is 1. The summed E-state index contributed by atoms with van der Waals surface area (Å²) < 4.78 is 60.2. The van der Waals surface area contributed by atoms with Crippen molar-refractivity contribution in [1.29, 1.82) is 0 Å². The molecule has 3 aromatic carbocycles. The number of benzene rings is 3. The minimum atomic E-state index is -1.11. The van der Waals surface area contributed by atoms with Crippen LogP contribution in [0.5, 0.6) is 0 Å². The number of nitrogens with one attached hydrogen (secondary N) is 1. The van der Waals surface area contributed by atoms with E-state index in [2.05, 4.69) is 10.3 Å². The minimum Gasteiger partial charge on any atom is -0.441 e. The molecule has 0 spiro atoms. The van der Waals surface area contributed by atoms with Crippen LogP contribution in [0.4, 0.5) is 23.2 Å². The third-order valence-corrected chi connectivity index (χ3v) is 6.83. The summed E-state index contributed by atoms with van der Waals surface area (Å²) in [6.07, 6.45) is 0. The van der Waals surface area contributed by atoms with Crippen LogP contribution < -0.4 is 10.2 Å². The lowest BCUT2D eigenvalue weighted by atomic mass is 9.86. The molecule has 0 aliphatic carbocycles. The molecule has 1 N–H and O–H groups in total. The Kier molecular flexibility index (Phi) is 6.49. The fourth-order valence-corrected chi connectivity index (χ4v) is 4.60. The van der Waals surface area contributed by atoms with Gasteiger partial charge in [-0.15, -0.1) is 0 Å². The molecule has 1 aromatic heterocycles. The molecule has 0 saturated heterocycles. The zero-order chi connectivity index (χ0) is 28.1. The van der Waals surface area contributed by atoms with Gasteiger partial charge < -0.3 is 14.6 Å². The summed E-state index contributed by atoms with van der Waals surface area (Å²) in [5, 5.41) is 2.44. The zero-order valence-corrected chi connectivity index (χ0v) is 21.2. The molecule has 0 saturated carbocycles. The van der Waals surface area contributed by atoms with E-state index in [1.54, 1.807) is 39.0 Å². The fourth-order valence-electron chi connectivity index (χ4n) is 4.60. The van der Waals surface area contributed by atoms with E-state index in [1.807, 2.05) is 0 Å². The van der Waals surface area contributed by atoms with Crippen LogP contribution in [-0.2, 0) is 23.3 Å². The van der Waals surface area contributed by atoms with Gasteiger partial charge in [0.15, 0.2) is 0 Å². The number of rotatable bonds is 6. The molecular formula is C29H23F4N3O3. The third-order valence-electron chi connectivity index (χ3n) is 6.83. The molecule has 200 valence electrons. The lowest BCUT2D eigenvalue weighted by Gasteiger charge is -2.19. The van der Waals surface area contributed by atoms with E-state index in [0.717, 1.165) is 0 Å². The molecule has 39 heavy (non-hydrogen) atoms. The molecule has 0 bridgehead atoms. The number of halogens is 4. The number of aromatic nitrogens is 1. The van der Waals surface area contributed by atoms with Crippen molar-refractivity contribution >= 4 is 17.5 Å². The average molecular weight is 538 g/mol. The molecule has 2 heterocycles. The average Bonchev–Trinajstić information content (AvgIpc) is 3.33. The van der Waals surface area contributed by atoms with Gasteiger partial charge in [0.25, 0.3) is 5.91 Å². The summed E-state index contributed by atoms with van der Waals surface area (Å²) in [7, 11) is 0. The van der Waals surface area contributed by atoms with Crippen LogP contribution in [-0.4, -0.2) is 16.8 Å². The van der Waals surface area contributed by atoms with Gasteiger partial charge in [0, 0.05) is 41.1 Å². The summed E-state index contributed by atoms with van der Waals surface area (Å²) in [5.74, 6) is -3.75. The van der Waals surface area contributed by atoms with Crippen molar-refractivity contribution < 1.29 is 31.6 Å². The van der Waals surface area contributed by atoms with E-state index in [0.29, 0.717) is 40.4 Å². The highest BCUT2D eigenvalue weighted by atomic mass is 19.1. The number of hydrogen-bond donors (Lipinski definition) is 1. The molecule has 6 nitrogen and oxygen atoms in total. The molecule has 10 heteroatoms. The van der Waals surface area contributed by atoms with Crippen LogP contribution in [0.15, 0.2) is 59.0 Å². The van der Waals surface area contributed by atoms with Gasteiger partial charge in [0.2, 0.25) is 11.8 Å². The van der Waals surface area contributed by atoms with E-state index >= 15 is 0 Å². The van der Waals surface area contributed by atoms with Crippen LogP contribution in [0.2, 0.25) is 0 Å². The molecule has 2 amide bonds. The van der Waals surface area contributed by atoms with Crippen LogP contribution in [0, 0.1) is 30.2 Å². The van der Waals surface area contributed by atoms with Gasteiger partial charge >= 0.3 is 0 Å². The van der Waals surface area contributed by atoms with Crippen LogP contribution in [0.1, 0.15) is 46.8 Å². The van der Waals surface area contributed by atoms with Crippen molar-refractivity contribution in [3.05, 3.63) is 106 Å². The summed E-state index contributed by atoms with van der Waals surface area (Å²) in [6.45, 7) is 4.82. The number of amides is 2. The van der Waals surface area contributed by atoms with Gasteiger partial charge in [-0.3, -0.25) is 9.59 Å². The first-order chi connectivity index (χ1) is 18.5. The Labute approximate surface area is 221 Å². The van der Waals surface area contributed by atoms with Crippen molar-refractivity contribution in [2.45, 2.75) is 39.3 Å². The Morgan fingerprint density at radius 2 is 1.64 bits per heavy atom. The maximum atomic E-state index is 14.0. The molecule has 0 radical (unpaired) electrons. The van der Waals surface area contributed by atoms with Crippen molar-refractivity contribution in [3.8, 4) is 11.5 Å². The molecule has 0 fully saturated rings. The first-order valence-corrected chi connectivity index (χ1v) is 12.1. The number of hydrogen-bond acceptors (Lipinski definition) is 4. The zero-order valence-electron chi connectivity index (χ0n) is 21.2.